The Labute approximate surface area is 107 Å². The van der Waals surface area contributed by atoms with Gasteiger partial charge in [0, 0.05) is 6.54 Å². The number of hydrogen-bond donors (Lipinski definition) is 1. The van der Waals surface area contributed by atoms with E-state index in [0.29, 0.717) is 19.7 Å². The van der Waals surface area contributed by atoms with Crippen molar-refractivity contribution in [3.05, 3.63) is 0 Å². The molecule has 0 saturated heterocycles. The molecule has 0 aliphatic rings. The Morgan fingerprint density at radius 3 is 2.22 bits per heavy atom. The van der Waals surface area contributed by atoms with Crippen molar-refractivity contribution in [3.63, 3.8) is 0 Å². The molecule has 0 heterocycles. The van der Waals surface area contributed by atoms with E-state index in [0.717, 1.165) is 0 Å². The maximum absolute atomic E-state index is 12.6. The highest BCUT2D eigenvalue weighted by Crippen LogP contribution is 2.31. The number of halogens is 3. The summed E-state index contributed by atoms with van der Waals surface area (Å²) in [5, 5.41) is 0. The van der Waals surface area contributed by atoms with E-state index in [-0.39, 0.29) is 25.5 Å². The van der Waals surface area contributed by atoms with Crippen LogP contribution in [0.3, 0.4) is 0 Å². The topological polar surface area (TPSA) is 38.5 Å². The molecular weight excluding hydrogens is 245 g/mol. The first-order valence-corrected chi connectivity index (χ1v) is 6.34. The number of alkyl halides is 3. The van der Waals surface area contributed by atoms with E-state index in [1.165, 1.54) is 0 Å². The Morgan fingerprint density at radius 2 is 1.78 bits per heavy atom. The van der Waals surface area contributed by atoms with Gasteiger partial charge in [0.1, 0.15) is 0 Å². The average molecular weight is 270 g/mol. The summed E-state index contributed by atoms with van der Waals surface area (Å²) < 4.78 is 43.2. The summed E-state index contributed by atoms with van der Waals surface area (Å²) in [6.07, 6.45) is -3.90. The third-order valence-electron chi connectivity index (χ3n) is 2.76. The number of nitrogens with two attached hydrogens (primary N) is 1. The van der Waals surface area contributed by atoms with E-state index in [4.69, 9.17) is 10.5 Å². The van der Waals surface area contributed by atoms with E-state index in [1.807, 2.05) is 18.7 Å². The van der Waals surface area contributed by atoms with Crippen molar-refractivity contribution in [3.8, 4) is 0 Å². The summed E-state index contributed by atoms with van der Waals surface area (Å²) in [6.45, 7) is 5.53. The second kappa shape index (κ2) is 8.72. The van der Waals surface area contributed by atoms with Crippen molar-refractivity contribution >= 4 is 0 Å². The normalized spacial score (nSPS) is 14.5. The Bertz CT molecular complexity index is 210. The summed E-state index contributed by atoms with van der Waals surface area (Å²) in [5.74, 6) is -1.30. The van der Waals surface area contributed by atoms with Gasteiger partial charge in [0.15, 0.2) is 0 Å². The first-order chi connectivity index (χ1) is 8.27. The molecule has 1 unspecified atom stereocenters. The zero-order valence-corrected chi connectivity index (χ0v) is 11.5. The van der Waals surface area contributed by atoms with Crippen LogP contribution in [0.5, 0.6) is 0 Å². The lowest BCUT2D eigenvalue weighted by Crippen LogP contribution is -2.31. The first-order valence-electron chi connectivity index (χ1n) is 6.34. The molecule has 18 heavy (non-hydrogen) atoms. The molecule has 0 aromatic rings. The molecule has 0 aromatic heterocycles. The van der Waals surface area contributed by atoms with Crippen molar-refractivity contribution in [2.45, 2.75) is 39.0 Å². The molecular formula is C12H25F3N2O. The molecule has 0 radical (unpaired) electrons. The molecule has 3 nitrogen and oxygen atoms in total. The van der Waals surface area contributed by atoms with Crippen molar-refractivity contribution in [2.75, 3.05) is 33.3 Å². The quantitative estimate of drug-likeness (QED) is 0.698. The van der Waals surface area contributed by atoms with Gasteiger partial charge in [0.25, 0.3) is 0 Å². The lowest BCUT2D eigenvalue weighted by Gasteiger charge is -2.23. The van der Waals surface area contributed by atoms with Crippen molar-refractivity contribution in [2.24, 2.45) is 11.7 Å². The van der Waals surface area contributed by atoms with E-state index in [1.54, 1.807) is 7.05 Å². The predicted octanol–water partition coefficient (Wildman–Crippen LogP) is 2.26. The number of hydrogen-bond acceptors (Lipinski definition) is 3. The van der Waals surface area contributed by atoms with Crippen molar-refractivity contribution in [1.29, 1.82) is 0 Å². The molecule has 1 atom stereocenters. The largest absolute Gasteiger partial charge is 0.391 e. The fraction of sp³-hybridized carbons (Fsp3) is 1.00. The highest BCUT2D eigenvalue weighted by atomic mass is 19.4. The van der Waals surface area contributed by atoms with Crippen molar-refractivity contribution < 1.29 is 17.9 Å². The van der Waals surface area contributed by atoms with Crippen molar-refractivity contribution in [1.82, 2.24) is 4.90 Å². The van der Waals surface area contributed by atoms with Crippen LogP contribution in [0.15, 0.2) is 0 Å². The molecule has 0 fully saturated rings. The molecule has 0 aliphatic heterocycles. The maximum atomic E-state index is 12.6. The lowest BCUT2D eigenvalue weighted by molar-refractivity contribution is -0.178. The maximum Gasteiger partial charge on any atom is 0.391 e. The summed E-state index contributed by atoms with van der Waals surface area (Å²) in [5.41, 5.74) is 5.21. The second-order valence-electron chi connectivity index (χ2n) is 4.83. The van der Waals surface area contributed by atoms with Crippen LogP contribution < -0.4 is 5.73 Å². The molecule has 2 N–H and O–H groups in total. The smallest absolute Gasteiger partial charge is 0.377 e. The van der Waals surface area contributed by atoms with Gasteiger partial charge in [0.2, 0.25) is 0 Å². The molecule has 0 spiro atoms. The van der Waals surface area contributed by atoms with Gasteiger partial charge >= 0.3 is 6.18 Å². The van der Waals surface area contributed by atoms with Crippen LogP contribution in [0.4, 0.5) is 13.2 Å². The summed E-state index contributed by atoms with van der Waals surface area (Å²) in [6, 6.07) is 0. The molecule has 0 aromatic carbocycles. The number of ether oxygens (including phenoxy) is 1. The van der Waals surface area contributed by atoms with Crippen LogP contribution in [0.2, 0.25) is 0 Å². The molecule has 6 heteroatoms. The first kappa shape index (κ1) is 17.7. The monoisotopic (exact) mass is 270 g/mol. The minimum atomic E-state index is -4.14. The van der Waals surface area contributed by atoms with Gasteiger partial charge in [-0.25, -0.2) is 0 Å². The van der Waals surface area contributed by atoms with Gasteiger partial charge in [-0.2, -0.15) is 13.2 Å². The van der Waals surface area contributed by atoms with E-state index < -0.39 is 12.1 Å². The Morgan fingerprint density at radius 1 is 1.17 bits per heavy atom. The number of nitrogens with zero attached hydrogens (tertiary/aromatic N) is 1. The SMILES string of the molecule is CC(C)OCCN(C)CCC(CCN)C(F)(F)F. The Balaban J connectivity index is 3.89. The van der Waals surface area contributed by atoms with Gasteiger partial charge < -0.3 is 15.4 Å². The molecule has 0 saturated carbocycles. The number of likely N-dealkylation sites (N-methyl/N-ethyl adjacent to an activating group) is 1. The molecule has 110 valence electrons. The fourth-order valence-corrected chi connectivity index (χ4v) is 1.61. The summed E-state index contributed by atoms with van der Waals surface area (Å²) in [4.78, 5) is 1.86. The van der Waals surface area contributed by atoms with Gasteiger partial charge in [-0.3, -0.25) is 0 Å². The van der Waals surface area contributed by atoms with Crippen LogP contribution in [0.1, 0.15) is 26.7 Å². The zero-order chi connectivity index (χ0) is 14.2. The van der Waals surface area contributed by atoms with Crippen LogP contribution in [-0.4, -0.2) is 50.5 Å². The second-order valence-corrected chi connectivity index (χ2v) is 4.83. The third kappa shape index (κ3) is 8.72. The van der Waals surface area contributed by atoms with Crippen LogP contribution in [0.25, 0.3) is 0 Å². The molecule has 0 amide bonds. The molecule has 0 aliphatic carbocycles. The van der Waals surface area contributed by atoms with Crippen LogP contribution in [0, 0.1) is 5.92 Å². The van der Waals surface area contributed by atoms with E-state index in [9.17, 15) is 13.2 Å². The minimum absolute atomic E-state index is 0.000165. The van der Waals surface area contributed by atoms with Crippen LogP contribution >= 0.6 is 0 Å². The highest BCUT2D eigenvalue weighted by Gasteiger charge is 2.38. The molecule has 0 bridgehead atoms. The Hall–Kier alpha value is -0.330. The fourth-order valence-electron chi connectivity index (χ4n) is 1.61. The van der Waals surface area contributed by atoms with Gasteiger partial charge in [0.05, 0.1) is 18.6 Å². The van der Waals surface area contributed by atoms with E-state index in [2.05, 4.69) is 0 Å². The standard InChI is InChI=1S/C12H25F3N2O/c1-10(2)18-9-8-17(3)7-5-11(4-6-16)12(13,14)15/h10-11H,4-9,16H2,1-3H3. The average Bonchev–Trinajstić information content (AvgIpc) is 2.21. The zero-order valence-electron chi connectivity index (χ0n) is 11.5. The molecule has 0 rings (SSSR count). The van der Waals surface area contributed by atoms with Gasteiger partial charge in [-0.05, 0) is 46.8 Å². The van der Waals surface area contributed by atoms with Crippen LogP contribution in [-0.2, 0) is 4.74 Å². The predicted molar refractivity (Wildman–Crippen MR) is 66.4 cm³/mol. The van der Waals surface area contributed by atoms with Gasteiger partial charge in [-0.15, -0.1) is 0 Å². The third-order valence-corrected chi connectivity index (χ3v) is 2.76. The Kier molecular flexibility index (Phi) is 8.56. The van der Waals surface area contributed by atoms with E-state index >= 15 is 0 Å². The highest BCUT2D eigenvalue weighted by molar-refractivity contribution is 4.70. The summed E-state index contributed by atoms with van der Waals surface area (Å²) in [7, 11) is 1.81. The summed E-state index contributed by atoms with van der Waals surface area (Å²) >= 11 is 0. The lowest BCUT2D eigenvalue weighted by atomic mass is 10.0. The van der Waals surface area contributed by atoms with Gasteiger partial charge in [-0.1, -0.05) is 0 Å². The number of rotatable bonds is 9. The minimum Gasteiger partial charge on any atom is -0.377 e.